The third-order valence-electron chi connectivity index (χ3n) is 2.74. The Labute approximate surface area is 118 Å². The molecule has 1 unspecified atom stereocenters. The normalized spacial score (nSPS) is 11.8. The van der Waals surface area contributed by atoms with Gasteiger partial charge >= 0.3 is 0 Å². The number of aromatic hydroxyl groups is 1. The number of hydrogen-bond donors (Lipinski definition) is 2. The molecule has 20 heavy (non-hydrogen) atoms. The van der Waals surface area contributed by atoms with Crippen LogP contribution in [0.25, 0.3) is 0 Å². The molecule has 1 amide bonds. The first kappa shape index (κ1) is 14.0. The van der Waals surface area contributed by atoms with Crippen LogP contribution in [-0.4, -0.2) is 15.9 Å². The van der Waals surface area contributed by atoms with Gasteiger partial charge in [0.2, 0.25) is 0 Å². The summed E-state index contributed by atoms with van der Waals surface area (Å²) in [5.74, 6) is -0.780. The first-order valence-corrected chi connectivity index (χ1v) is 6.68. The van der Waals surface area contributed by atoms with Gasteiger partial charge in [-0.3, -0.25) is 14.9 Å². The van der Waals surface area contributed by atoms with E-state index in [0.29, 0.717) is 0 Å². The molecule has 7 heteroatoms. The number of nitro groups is 1. The van der Waals surface area contributed by atoms with Gasteiger partial charge in [0.15, 0.2) is 0 Å². The molecule has 2 aromatic rings. The summed E-state index contributed by atoms with van der Waals surface area (Å²) in [5.41, 5.74) is -0.489. The Kier molecular flexibility index (Phi) is 3.99. The molecule has 0 aliphatic heterocycles. The lowest BCUT2D eigenvalue weighted by Crippen LogP contribution is -2.26. The number of carbonyl (C=O) groups excluding carboxylic acids is 1. The second kappa shape index (κ2) is 5.70. The molecule has 0 radical (unpaired) electrons. The Morgan fingerprint density at radius 2 is 2.20 bits per heavy atom. The van der Waals surface area contributed by atoms with Crippen molar-refractivity contribution in [3.63, 3.8) is 0 Å². The molecule has 1 aromatic carbocycles. The maximum Gasteiger partial charge on any atom is 0.282 e. The predicted octanol–water partition coefficient (Wildman–Crippen LogP) is 2.85. The summed E-state index contributed by atoms with van der Waals surface area (Å²) in [5, 5.41) is 24.8. The zero-order valence-electron chi connectivity index (χ0n) is 10.6. The van der Waals surface area contributed by atoms with Crippen LogP contribution in [0.5, 0.6) is 5.75 Å². The lowest BCUT2D eigenvalue weighted by molar-refractivity contribution is -0.385. The quantitative estimate of drug-likeness (QED) is 0.669. The third-order valence-corrected chi connectivity index (χ3v) is 3.79. The van der Waals surface area contributed by atoms with Crippen LogP contribution in [0.1, 0.15) is 28.2 Å². The van der Waals surface area contributed by atoms with E-state index in [1.807, 2.05) is 17.5 Å². The number of nitrogens with one attached hydrogen (secondary N) is 1. The fraction of sp³-hybridized carbons (Fsp3) is 0.154. The Hall–Kier alpha value is -2.41. The van der Waals surface area contributed by atoms with Crippen molar-refractivity contribution in [1.82, 2.24) is 5.32 Å². The van der Waals surface area contributed by atoms with Gasteiger partial charge in [-0.25, -0.2) is 0 Å². The van der Waals surface area contributed by atoms with Gasteiger partial charge in [0.05, 0.1) is 11.0 Å². The van der Waals surface area contributed by atoms with Crippen LogP contribution in [0, 0.1) is 10.1 Å². The first-order valence-electron chi connectivity index (χ1n) is 5.80. The summed E-state index contributed by atoms with van der Waals surface area (Å²) in [7, 11) is 0. The minimum Gasteiger partial charge on any atom is -0.508 e. The number of benzene rings is 1. The molecule has 0 aliphatic carbocycles. The second-order valence-electron chi connectivity index (χ2n) is 4.17. The molecule has 104 valence electrons. The zero-order valence-corrected chi connectivity index (χ0v) is 11.4. The Balaban J connectivity index is 2.25. The summed E-state index contributed by atoms with van der Waals surface area (Å²) < 4.78 is 0. The number of phenols is 1. The largest absolute Gasteiger partial charge is 0.508 e. The van der Waals surface area contributed by atoms with Crippen LogP contribution in [-0.2, 0) is 0 Å². The van der Waals surface area contributed by atoms with Crippen molar-refractivity contribution in [3.8, 4) is 5.75 Å². The summed E-state index contributed by atoms with van der Waals surface area (Å²) in [6.45, 7) is 1.79. The molecule has 0 fully saturated rings. The van der Waals surface area contributed by atoms with Gasteiger partial charge in [-0.1, -0.05) is 6.07 Å². The smallest absolute Gasteiger partial charge is 0.282 e. The average molecular weight is 292 g/mol. The predicted molar refractivity (Wildman–Crippen MR) is 75.0 cm³/mol. The van der Waals surface area contributed by atoms with Crippen molar-refractivity contribution >= 4 is 22.9 Å². The van der Waals surface area contributed by atoms with E-state index in [0.717, 1.165) is 17.0 Å². The molecule has 2 N–H and O–H groups in total. The molecule has 1 aromatic heterocycles. The highest BCUT2D eigenvalue weighted by Gasteiger charge is 2.22. The number of nitrogens with zero attached hydrogens (tertiary/aromatic N) is 1. The van der Waals surface area contributed by atoms with E-state index in [-0.39, 0.29) is 23.0 Å². The highest BCUT2D eigenvalue weighted by atomic mass is 32.1. The van der Waals surface area contributed by atoms with Crippen LogP contribution in [0.3, 0.4) is 0 Å². The number of carbonyl (C=O) groups is 1. The van der Waals surface area contributed by atoms with Gasteiger partial charge in [-0.2, -0.15) is 0 Å². The van der Waals surface area contributed by atoms with Gasteiger partial charge < -0.3 is 10.4 Å². The van der Waals surface area contributed by atoms with Crippen LogP contribution in [0.4, 0.5) is 5.69 Å². The van der Waals surface area contributed by atoms with Gasteiger partial charge in [0.25, 0.3) is 11.6 Å². The van der Waals surface area contributed by atoms with E-state index in [1.54, 1.807) is 6.92 Å². The molecule has 0 saturated heterocycles. The first-order chi connectivity index (χ1) is 9.49. The van der Waals surface area contributed by atoms with Crippen molar-refractivity contribution in [2.45, 2.75) is 13.0 Å². The fourth-order valence-corrected chi connectivity index (χ4v) is 2.48. The van der Waals surface area contributed by atoms with E-state index in [1.165, 1.54) is 17.4 Å². The topological polar surface area (TPSA) is 92.5 Å². The number of thiophene rings is 1. The Morgan fingerprint density at radius 1 is 1.45 bits per heavy atom. The number of amides is 1. The molecule has 1 atom stereocenters. The molecular weight excluding hydrogens is 280 g/mol. The minimum atomic E-state index is -0.649. The SMILES string of the molecule is CC(NC(=O)c1cc(O)ccc1[N+](=O)[O-])c1cccs1. The van der Waals surface area contributed by atoms with Crippen LogP contribution in [0.2, 0.25) is 0 Å². The van der Waals surface area contributed by atoms with E-state index in [4.69, 9.17) is 0 Å². The highest BCUT2D eigenvalue weighted by Crippen LogP contribution is 2.25. The van der Waals surface area contributed by atoms with Gasteiger partial charge in [-0.05, 0) is 30.5 Å². The molecule has 2 rings (SSSR count). The standard InChI is InChI=1S/C13H12N2O4S/c1-8(12-3-2-6-20-12)14-13(17)10-7-9(16)4-5-11(10)15(18)19/h2-8,16H,1H3,(H,14,17). The van der Waals surface area contributed by atoms with Gasteiger partial charge in [0.1, 0.15) is 11.3 Å². The number of phenolic OH excluding ortho intramolecular Hbond substituents is 1. The Bertz CT molecular complexity index is 640. The van der Waals surface area contributed by atoms with E-state index in [9.17, 15) is 20.0 Å². The summed E-state index contributed by atoms with van der Waals surface area (Å²) in [6, 6.07) is 6.85. The summed E-state index contributed by atoms with van der Waals surface area (Å²) in [6.07, 6.45) is 0. The molecular formula is C13H12N2O4S. The maximum absolute atomic E-state index is 12.1. The minimum absolute atomic E-state index is 0.154. The summed E-state index contributed by atoms with van der Waals surface area (Å²) in [4.78, 5) is 23.3. The van der Waals surface area contributed by atoms with Gasteiger partial charge in [0, 0.05) is 10.9 Å². The van der Waals surface area contributed by atoms with E-state index >= 15 is 0 Å². The molecule has 0 bridgehead atoms. The molecule has 0 spiro atoms. The molecule has 1 heterocycles. The Morgan fingerprint density at radius 3 is 2.80 bits per heavy atom. The fourth-order valence-electron chi connectivity index (χ4n) is 1.75. The number of hydrogen-bond acceptors (Lipinski definition) is 5. The van der Waals surface area contributed by atoms with Crippen molar-refractivity contribution in [1.29, 1.82) is 0 Å². The lowest BCUT2D eigenvalue weighted by atomic mass is 10.1. The second-order valence-corrected chi connectivity index (χ2v) is 5.15. The number of nitro benzene ring substituents is 1. The van der Waals surface area contributed by atoms with E-state index < -0.39 is 10.8 Å². The summed E-state index contributed by atoms with van der Waals surface area (Å²) >= 11 is 1.48. The van der Waals surface area contributed by atoms with E-state index in [2.05, 4.69) is 5.32 Å². The zero-order chi connectivity index (χ0) is 14.7. The van der Waals surface area contributed by atoms with Gasteiger partial charge in [-0.15, -0.1) is 11.3 Å². The third kappa shape index (κ3) is 2.94. The molecule has 0 aliphatic rings. The van der Waals surface area contributed by atoms with Crippen molar-refractivity contribution in [3.05, 3.63) is 56.3 Å². The van der Waals surface area contributed by atoms with Crippen molar-refractivity contribution in [2.24, 2.45) is 0 Å². The molecule has 0 saturated carbocycles. The van der Waals surface area contributed by atoms with Crippen LogP contribution >= 0.6 is 11.3 Å². The number of rotatable bonds is 4. The average Bonchev–Trinajstić information content (AvgIpc) is 2.92. The van der Waals surface area contributed by atoms with Crippen molar-refractivity contribution < 1.29 is 14.8 Å². The molecule has 6 nitrogen and oxygen atoms in total. The van der Waals surface area contributed by atoms with Crippen LogP contribution < -0.4 is 5.32 Å². The monoisotopic (exact) mass is 292 g/mol. The van der Waals surface area contributed by atoms with Crippen LogP contribution in [0.15, 0.2) is 35.7 Å². The maximum atomic E-state index is 12.1. The lowest BCUT2D eigenvalue weighted by Gasteiger charge is -2.12. The van der Waals surface area contributed by atoms with Crippen molar-refractivity contribution in [2.75, 3.05) is 0 Å². The highest BCUT2D eigenvalue weighted by molar-refractivity contribution is 7.10.